The molecule has 0 spiro atoms. The van der Waals surface area contributed by atoms with Crippen LogP contribution < -0.4 is 5.32 Å². The van der Waals surface area contributed by atoms with Gasteiger partial charge >= 0.3 is 6.18 Å². The van der Waals surface area contributed by atoms with E-state index in [1.54, 1.807) is 6.07 Å². The minimum absolute atomic E-state index is 0.297. The first kappa shape index (κ1) is 13.9. The number of piperidine rings is 1. The lowest BCUT2D eigenvalue weighted by Crippen LogP contribution is -2.49. The summed E-state index contributed by atoms with van der Waals surface area (Å²) in [7, 11) is 0. The fourth-order valence-corrected chi connectivity index (χ4v) is 3.61. The third kappa shape index (κ3) is 2.83. The molecule has 1 aromatic rings. The molecule has 0 saturated carbocycles. The summed E-state index contributed by atoms with van der Waals surface area (Å²) in [6.07, 6.45) is -0.679. The molecule has 2 nitrogen and oxygen atoms in total. The Bertz CT molecular complexity index is 488. The molecule has 2 atom stereocenters. The molecule has 0 aliphatic carbocycles. The second kappa shape index (κ2) is 4.74. The highest BCUT2D eigenvalue weighted by Gasteiger charge is 2.42. The number of alkyl halides is 3. The molecule has 0 radical (unpaired) electrons. The van der Waals surface area contributed by atoms with Crippen LogP contribution in [0.3, 0.4) is 0 Å². The maximum atomic E-state index is 12.7. The zero-order valence-corrected chi connectivity index (χ0v) is 11.1. The normalized spacial score (nSPS) is 33.4. The number of halogens is 3. The number of hydrogen-bond acceptors (Lipinski definition) is 2. The van der Waals surface area contributed by atoms with Crippen LogP contribution in [0.4, 0.5) is 13.2 Å². The summed E-state index contributed by atoms with van der Waals surface area (Å²) in [5.74, 6) is 0. The van der Waals surface area contributed by atoms with Crippen molar-refractivity contribution in [1.82, 2.24) is 5.32 Å². The Labute approximate surface area is 116 Å². The third-order valence-corrected chi connectivity index (χ3v) is 4.38. The highest BCUT2D eigenvalue weighted by Crippen LogP contribution is 2.37. The van der Waals surface area contributed by atoms with Gasteiger partial charge in [-0.1, -0.05) is 18.2 Å². The quantitative estimate of drug-likeness (QED) is 0.875. The van der Waals surface area contributed by atoms with E-state index >= 15 is 0 Å². The highest BCUT2D eigenvalue weighted by atomic mass is 19.4. The van der Waals surface area contributed by atoms with Gasteiger partial charge in [0.25, 0.3) is 0 Å². The van der Waals surface area contributed by atoms with Crippen molar-refractivity contribution >= 4 is 0 Å². The van der Waals surface area contributed by atoms with E-state index in [-0.39, 0.29) is 0 Å². The molecule has 2 bridgehead atoms. The van der Waals surface area contributed by atoms with Crippen molar-refractivity contribution in [3.8, 4) is 0 Å². The van der Waals surface area contributed by atoms with Crippen LogP contribution in [0.5, 0.6) is 0 Å². The largest absolute Gasteiger partial charge is 0.416 e. The van der Waals surface area contributed by atoms with E-state index in [9.17, 15) is 18.3 Å². The van der Waals surface area contributed by atoms with Crippen LogP contribution in [-0.2, 0) is 12.6 Å². The predicted molar refractivity (Wildman–Crippen MR) is 69.3 cm³/mol. The highest BCUT2D eigenvalue weighted by molar-refractivity contribution is 5.27. The molecular weight excluding hydrogens is 267 g/mol. The average molecular weight is 285 g/mol. The van der Waals surface area contributed by atoms with Gasteiger partial charge in [0.2, 0.25) is 0 Å². The SMILES string of the molecule is OC1(Cc2cccc(C(F)(F)F)c2)CC2CCC(C1)N2. The fraction of sp³-hybridized carbons (Fsp3) is 0.600. The minimum atomic E-state index is -4.33. The summed E-state index contributed by atoms with van der Waals surface area (Å²) in [4.78, 5) is 0. The van der Waals surface area contributed by atoms with Crippen molar-refractivity contribution in [1.29, 1.82) is 0 Å². The van der Waals surface area contributed by atoms with Crippen molar-refractivity contribution in [3.63, 3.8) is 0 Å². The average Bonchev–Trinajstić information content (AvgIpc) is 2.68. The molecule has 2 aliphatic rings. The first-order chi connectivity index (χ1) is 9.34. The molecule has 3 rings (SSSR count). The zero-order chi connectivity index (χ0) is 14.4. The number of aliphatic hydroxyl groups is 1. The van der Waals surface area contributed by atoms with E-state index < -0.39 is 17.3 Å². The van der Waals surface area contributed by atoms with E-state index in [0.717, 1.165) is 25.0 Å². The van der Waals surface area contributed by atoms with Crippen LogP contribution in [0.15, 0.2) is 24.3 Å². The Balaban J connectivity index is 1.77. The van der Waals surface area contributed by atoms with Gasteiger partial charge in [-0.15, -0.1) is 0 Å². The summed E-state index contributed by atoms with van der Waals surface area (Å²) in [6, 6.07) is 5.92. The fourth-order valence-electron chi connectivity index (χ4n) is 3.61. The molecule has 20 heavy (non-hydrogen) atoms. The van der Waals surface area contributed by atoms with Gasteiger partial charge in [-0.2, -0.15) is 13.2 Å². The molecule has 2 fully saturated rings. The number of hydrogen-bond donors (Lipinski definition) is 2. The van der Waals surface area contributed by atoms with Crippen LogP contribution in [0.2, 0.25) is 0 Å². The summed E-state index contributed by atoms with van der Waals surface area (Å²) >= 11 is 0. The summed E-state index contributed by atoms with van der Waals surface area (Å²) < 4.78 is 38.1. The maximum Gasteiger partial charge on any atom is 0.416 e. The predicted octanol–water partition coefficient (Wildman–Crippen LogP) is 2.89. The smallest absolute Gasteiger partial charge is 0.389 e. The van der Waals surface area contributed by atoms with Crippen LogP contribution in [0.1, 0.15) is 36.8 Å². The van der Waals surface area contributed by atoms with Gasteiger partial charge in [0.1, 0.15) is 0 Å². The molecule has 2 saturated heterocycles. The maximum absolute atomic E-state index is 12.7. The second-order valence-corrected chi connectivity index (χ2v) is 6.15. The van der Waals surface area contributed by atoms with Crippen LogP contribution in [0, 0.1) is 0 Å². The Morgan fingerprint density at radius 1 is 1.20 bits per heavy atom. The van der Waals surface area contributed by atoms with Gasteiger partial charge < -0.3 is 10.4 Å². The Hall–Kier alpha value is -1.07. The molecule has 0 aromatic heterocycles. The van der Waals surface area contributed by atoms with Gasteiger partial charge in [0, 0.05) is 18.5 Å². The standard InChI is InChI=1S/C15H18F3NO/c16-15(17,18)11-3-1-2-10(6-11)7-14(20)8-12-4-5-13(9-14)19-12/h1-3,6,12-13,19-20H,4-5,7-9H2. The van der Waals surface area contributed by atoms with Crippen LogP contribution in [-0.4, -0.2) is 22.8 Å². The van der Waals surface area contributed by atoms with Gasteiger partial charge in [-0.3, -0.25) is 0 Å². The van der Waals surface area contributed by atoms with Crippen molar-refractivity contribution in [3.05, 3.63) is 35.4 Å². The molecule has 5 heteroatoms. The van der Waals surface area contributed by atoms with E-state index in [2.05, 4.69) is 5.32 Å². The number of benzene rings is 1. The minimum Gasteiger partial charge on any atom is -0.389 e. The van der Waals surface area contributed by atoms with Crippen molar-refractivity contribution < 1.29 is 18.3 Å². The molecule has 2 aliphatic heterocycles. The van der Waals surface area contributed by atoms with E-state index in [1.165, 1.54) is 6.07 Å². The Kier molecular flexibility index (Phi) is 3.29. The topological polar surface area (TPSA) is 32.3 Å². The first-order valence-electron chi connectivity index (χ1n) is 6.99. The van der Waals surface area contributed by atoms with Crippen molar-refractivity contribution in [2.45, 2.75) is 56.0 Å². The molecule has 2 heterocycles. The van der Waals surface area contributed by atoms with Gasteiger partial charge in [0.05, 0.1) is 11.2 Å². The number of rotatable bonds is 2. The van der Waals surface area contributed by atoms with Gasteiger partial charge in [-0.05, 0) is 37.3 Å². The molecular formula is C15H18F3NO. The number of fused-ring (bicyclic) bond motifs is 2. The van der Waals surface area contributed by atoms with Gasteiger partial charge in [0.15, 0.2) is 0 Å². The Morgan fingerprint density at radius 3 is 2.45 bits per heavy atom. The number of nitrogens with one attached hydrogen (secondary N) is 1. The van der Waals surface area contributed by atoms with Crippen LogP contribution >= 0.6 is 0 Å². The van der Waals surface area contributed by atoms with Crippen LogP contribution in [0.25, 0.3) is 0 Å². The molecule has 1 aromatic carbocycles. The first-order valence-corrected chi connectivity index (χ1v) is 6.99. The second-order valence-electron chi connectivity index (χ2n) is 6.15. The summed E-state index contributed by atoms with van der Waals surface area (Å²) in [6.45, 7) is 0. The van der Waals surface area contributed by atoms with Gasteiger partial charge in [-0.25, -0.2) is 0 Å². The van der Waals surface area contributed by atoms with E-state index in [4.69, 9.17) is 0 Å². The molecule has 2 unspecified atom stereocenters. The van der Waals surface area contributed by atoms with E-state index in [1.807, 2.05) is 0 Å². The Morgan fingerprint density at radius 2 is 1.85 bits per heavy atom. The monoisotopic (exact) mass is 285 g/mol. The molecule has 2 N–H and O–H groups in total. The molecule has 110 valence electrons. The zero-order valence-electron chi connectivity index (χ0n) is 11.1. The lowest BCUT2D eigenvalue weighted by molar-refractivity contribution is -0.137. The van der Waals surface area contributed by atoms with E-state index in [0.29, 0.717) is 36.9 Å². The molecule has 0 amide bonds. The lowest BCUT2D eigenvalue weighted by atomic mass is 9.82. The van der Waals surface area contributed by atoms with Crippen molar-refractivity contribution in [2.75, 3.05) is 0 Å². The summed E-state index contributed by atoms with van der Waals surface area (Å²) in [5.41, 5.74) is -0.958. The summed E-state index contributed by atoms with van der Waals surface area (Å²) in [5, 5.41) is 14.1. The third-order valence-electron chi connectivity index (χ3n) is 4.38. The lowest BCUT2D eigenvalue weighted by Gasteiger charge is -2.37. The van der Waals surface area contributed by atoms with Crippen molar-refractivity contribution in [2.24, 2.45) is 0 Å².